The standard InChI is InChI=1S/C14H15N5/c15-8-2-1-3-11-4-6-13(7-5-11)19-14(17)12(9-16)10-18-19/h1,3-7,10H,2,8,15,17H2. The highest BCUT2D eigenvalue weighted by atomic mass is 15.3. The number of nitrogen functional groups attached to an aromatic ring is 1. The van der Waals surface area contributed by atoms with Gasteiger partial charge in [0.25, 0.3) is 0 Å². The van der Waals surface area contributed by atoms with Gasteiger partial charge in [-0.2, -0.15) is 10.4 Å². The second-order valence-corrected chi connectivity index (χ2v) is 4.04. The molecule has 0 aliphatic heterocycles. The van der Waals surface area contributed by atoms with Crippen LogP contribution in [0, 0.1) is 11.3 Å². The van der Waals surface area contributed by atoms with E-state index in [1.165, 1.54) is 6.20 Å². The second-order valence-electron chi connectivity index (χ2n) is 4.04. The van der Waals surface area contributed by atoms with Gasteiger partial charge in [-0.3, -0.25) is 0 Å². The third-order valence-electron chi connectivity index (χ3n) is 2.71. The molecular formula is C14H15N5. The van der Waals surface area contributed by atoms with E-state index in [4.69, 9.17) is 16.7 Å². The Hall–Kier alpha value is -2.58. The fourth-order valence-corrected chi connectivity index (χ4v) is 1.69. The topological polar surface area (TPSA) is 93.6 Å². The summed E-state index contributed by atoms with van der Waals surface area (Å²) in [7, 11) is 0. The summed E-state index contributed by atoms with van der Waals surface area (Å²) in [6.45, 7) is 0.648. The number of nitrogens with two attached hydrogens (primary N) is 2. The highest BCUT2D eigenvalue weighted by Gasteiger charge is 2.07. The molecule has 0 atom stereocenters. The summed E-state index contributed by atoms with van der Waals surface area (Å²) in [5, 5.41) is 12.9. The molecule has 5 heteroatoms. The van der Waals surface area contributed by atoms with E-state index >= 15 is 0 Å². The Balaban J connectivity index is 2.23. The number of aromatic nitrogens is 2. The van der Waals surface area contributed by atoms with Gasteiger partial charge < -0.3 is 11.5 Å². The first-order chi connectivity index (χ1) is 9.26. The van der Waals surface area contributed by atoms with Crippen molar-refractivity contribution < 1.29 is 0 Å². The zero-order chi connectivity index (χ0) is 13.7. The number of anilines is 1. The molecule has 1 heterocycles. The Morgan fingerprint density at radius 1 is 1.32 bits per heavy atom. The monoisotopic (exact) mass is 253 g/mol. The Morgan fingerprint density at radius 3 is 2.63 bits per heavy atom. The maximum Gasteiger partial charge on any atom is 0.145 e. The van der Waals surface area contributed by atoms with Crippen molar-refractivity contribution in [2.45, 2.75) is 6.42 Å². The largest absolute Gasteiger partial charge is 0.382 e. The van der Waals surface area contributed by atoms with Crippen LogP contribution in [0.25, 0.3) is 11.8 Å². The zero-order valence-corrected chi connectivity index (χ0v) is 10.5. The summed E-state index contributed by atoms with van der Waals surface area (Å²) >= 11 is 0. The van der Waals surface area contributed by atoms with E-state index in [1.54, 1.807) is 4.68 Å². The quantitative estimate of drug-likeness (QED) is 0.867. The first kappa shape index (κ1) is 12.9. The van der Waals surface area contributed by atoms with Gasteiger partial charge in [-0.15, -0.1) is 0 Å². The highest BCUT2D eigenvalue weighted by molar-refractivity contribution is 5.55. The summed E-state index contributed by atoms with van der Waals surface area (Å²) in [5.41, 5.74) is 13.6. The summed E-state index contributed by atoms with van der Waals surface area (Å²) in [6, 6.07) is 9.75. The normalized spacial score (nSPS) is 10.7. The van der Waals surface area contributed by atoms with Crippen LogP contribution in [0.3, 0.4) is 0 Å². The molecule has 2 rings (SSSR count). The Labute approximate surface area is 111 Å². The molecule has 1 aromatic carbocycles. The molecule has 0 fully saturated rings. The predicted molar refractivity (Wildman–Crippen MR) is 75.4 cm³/mol. The summed E-state index contributed by atoms with van der Waals surface area (Å²) in [5.74, 6) is 0.355. The number of rotatable bonds is 4. The molecule has 0 aliphatic carbocycles. The van der Waals surface area contributed by atoms with Crippen molar-refractivity contribution in [3.05, 3.63) is 47.7 Å². The van der Waals surface area contributed by atoms with Gasteiger partial charge in [0.2, 0.25) is 0 Å². The van der Waals surface area contributed by atoms with Gasteiger partial charge in [0.15, 0.2) is 0 Å². The SMILES string of the molecule is N#Cc1cnn(-c2ccc(C=CCCN)cc2)c1N. The summed E-state index contributed by atoms with van der Waals surface area (Å²) in [4.78, 5) is 0. The van der Waals surface area contributed by atoms with Crippen LogP contribution in [0.1, 0.15) is 17.5 Å². The van der Waals surface area contributed by atoms with Crippen molar-refractivity contribution in [2.75, 3.05) is 12.3 Å². The van der Waals surface area contributed by atoms with Gasteiger partial charge in [0, 0.05) is 0 Å². The fraction of sp³-hybridized carbons (Fsp3) is 0.143. The molecule has 4 N–H and O–H groups in total. The third-order valence-corrected chi connectivity index (χ3v) is 2.71. The average Bonchev–Trinajstić information content (AvgIpc) is 2.81. The summed E-state index contributed by atoms with van der Waals surface area (Å²) in [6.07, 6.45) is 6.37. The van der Waals surface area contributed by atoms with Crippen molar-refractivity contribution in [1.82, 2.24) is 9.78 Å². The average molecular weight is 253 g/mol. The lowest BCUT2D eigenvalue weighted by Gasteiger charge is -2.04. The van der Waals surface area contributed by atoms with Gasteiger partial charge in [0.05, 0.1) is 11.9 Å². The number of hydrogen-bond donors (Lipinski definition) is 2. The second kappa shape index (κ2) is 5.85. The lowest BCUT2D eigenvalue weighted by atomic mass is 10.2. The van der Waals surface area contributed by atoms with Crippen LogP contribution in [0.5, 0.6) is 0 Å². The Bertz CT molecular complexity index is 616. The molecule has 0 spiro atoms. The van der Waals surface area contributed by atoms with Crippen LogP contribution < -0.4 is 11.5 Å². The van der Waals surface area contributed by atoms with Gasteiger partial charge >= 0.3 is 0 Å². The summed E-state index contributed by atoms with van der Waals surface area (Å²) < 4.78 is 1.55. The van der Waals surface area contributed by atoms with Crippen LogP contribution in [0.4, 0.5) is 5.82 Å². The lowest BCUT2D eigenvalue weighted by Crippen LogP contribution is -2.02. The van der Waals surface area contributed by atoms with Crippen LogP contribution >= 0.6 is 0 Å². The number of nitriles is 1. The molecule has 2 aromatic rings. The van der Waals surface area contributed by atoms with E-state index in [2.05, 4.69) is 5.10 Å². The fourth-order valence-electron chi connectivity index (χ4n) is 1.69. The van der Waals surface area contributed by atoms with Crippen molar-refractivity contribution in [3.63, 3.8) is 0 Å². The number of nitrogens with zero attached hydrogens (tertiary/aromatic N) is 3. The van der Waals surface area contributed by atoms with Crippen LogP contribution in [-0.2, 0) is 0 Å². The molecule has 0 saturated carbocycles. The van der Waals surface area contributed by atoms with E-state index in [1.807, 2.05) is 42.5 Å². The lowest BCUT2D eigenvalue weighted by molar-refractivity contribution is 0.891. The molecule has 0 bridgehead atoms. The van der Waals surface area contributed by atoms with Gasteiger partial charge in [-0.1, -0.05) is 24.3 Å². The molecule has 0 radical (unpaired) electrons. The van der Waals surface area contributed by atoms with Crippen LogP contribution in [0.15, 0.2) is 36.5 Å². The molecule has 96 valence electrons. The maximum atomic E-state index is 8.84. The molecule has 19 heavy (non-hydrogen) atoms. The molecule has 0 saturated heterocycles. The first-order valence-corrected chi connectivity index (χ1v) is 5.97. The maximum absolute atomic E-state index is 8.84. The highest BCUT2D eigenvalue weighted by Crippen LogP contribution is 2.17. The van der Waals surface area contributed by atoms with Gasteiger partial charge in [-0.25, -0.2) is 4.68 Å². The molecule has 0 unspecified atom stereocenters. The van der Waals surface area contributed by atoms with Crippen molar-refractivity contribution in [1.29, 1.82) is 5.26 Å². The Morgan fingerprint density at radius 2 is 2.05 bits per heavy atom. The third kappa shape index (κ3) is 2.81. The molecule has 0 amide bonds. The predicted octanol–water partition coefficient (Wildman–Crippen LogP) is 1.69. The molecule has 1 aromatic heterocycles. The van der Waals surface area contributed by atoms with Crippen molar-refractivity contribution in [3.8, 4) is 11.8 Å². The van der Waals surface area contributed by atoms with Gasteiger partial charge in [-0.05, 0) is 30.7 Å². The van der Waals surface area contributed by atoms with E-state index in [9.17, 15) is 0 Å². The molecule has 0 aliphatic rings. The van der Waals surface area contributed by atoms with Crippen molar-refractivity contribution >= 4 is 11.9 Å². The van der Waals surface area contributed by atoms with E-state index in [0.29, 0.717) is 17.9 Å². The molecule has 5 nitrogen and oxygen atoms in total. The number of benzene rings is 1. The minimum Gasteiger partial charge on any atom is -0.382 e. The van der Waals surface area contributed by atoms with E-state index < -0.39 is 0 Å². The number of hydrogen-bond acceptors (Lipinski definition) is 4. The van der Waals surface area contributed by atoms with Gasteiger partial charge in [0.1, 0.15) is 17.5 Å². The van der Waals surface area contributed by atoms with Crippen LogP contribution in [0.2, 0.25) is 0 Å². The van der Waals surface area contributed by atoms with Crippen LogP contribution in [-0.4, -0.2) is 16.3 Å². The zero-order valence-electron chi connectivity index (χ0n) is 10.5. The smallest absolute Gasteiger partial charge is 0.145 e. The Kier molecular flexibility index (Phi) is 3.96. The first-order valence-electron chi connectivity index (χ1n) is 5.97. The molecular weight excluding hydrogens is 238 g/mol. The minimum atomic E-state index is 0.355. The van der Waals surface area contributed by atoms with Crippen molar-refractivity contribution in [2.24, 2.45) is 5.73 Å². The van der Waals surface area contributed by atoms with E-state index in [-0.39, 0.29) is 0 Å². The van der Waals surface area contributed by atoms with E-state index in [0.717, 1.165) is 17.7 Å². The minimum absolute atomic E-state index is 0.355.